The first-order valence-electron chi connectivity index (χ1n) is 9.58. The first kappa shape index (κ1) is 17.3. The summed E-state index contributed by atoms with van der Waals surface area (Å²) in [5.74, 6) is 1.80. The topological polar surface area (TPSA) is 104 Å². The van der Waals surface area contributed by atoms with Crippen LogP contribution in [0.4, 0.5) is 4.79 Å². The number of rotatable bonds is 4. The SMILES string of the molecule is O=C1NCCN2CCN(C(=O)NCCc3noc(C4CCCC4)n3)CC12. The van der Waals surface area contributed by atoms with E-state index in [4.69, 9.17) is 4.52 Å². The van der Waals surface area contributed by atoms with Gasteiger partial charge in [0, 0.05) is 51.6 Å². The molecule has 1 aromatic rings. The number of urea groups is 1. The van der Waals surface area contributed by atoms with Crippen LogP contribution >= 0.6 is 0 Å². The molecule has 1 unspecified atom stereocenters. The zero-order chi connectivity index (χ0) is 17.9. The molecular weight excluding hydrogens is 336 g/mol. The van der Waals surface area contributed by atoms with Gasteiger partial charge in [0.2, 0.25) is 11.8 Å². The minimum absolute atomic E-state index is 0.0139. The van der Waals surface area contributed by atoms with E-state index in [1.807, 2.05) is 0 Å². The Morgan fingerprint density at radius 3 is 2.96 bits per heavy atom. The van der Waals surface area contributed by atoms with Gasteiger partial charge in [-0.05, 0) is 12.8 Å². The molecular formula is C17H26N6O3. The molecule has 9 heteroatoms. The van der Waals surface area contributed by atoms with Crippen molar-refractivity contribution in [3.63, 3.8) is 0 Å². The van der Waals surface area contributed by atoms with Crippen molar-refractivity contribution in [1.29, 1.82) is 0 Å². The zero-order valence-corrected chi connectivity index (χ0v) is 14.9. The van der Waals surface area contributed by atoms with Crippen molar-refractivity contribution in [3.8, 4) is 0 Å². The lowest BCUT2D eigenvalue weighted by atomic mass is 10.1. The van der Waals surface area contributed by atoms with Crippen LogP contribution in [0.15, 0.2) is 4.52 Å². The number of amides is 3. The van der Waals surface area contributed by atoms with E-state index in [9.17, 15) is 9.59 Å². The maximum Gasteiger partial charge on any atom is 0.317 e. The number of nitrogens with zero attached hydrogens (tertiary/aromatic N) is 4. The average molecular weight is 362 g/mol. The molecule has 3 amide bonds. The molecule has 1 atom stereocenters. The van der Waals surface area contributed by atoms with Crippen LogP contribution in [0.1, 0.15) is 43.3 Å². The minimum atomic E-state index is -0.227. The number of carbonyl (C=O) groups is 2. The van der Waals surface area contributed by atoms with Gasteiger partial charge in [-0.2, -0.15) is 4.98 Å². The number of hydrogen-bond donors (Lipinski definition) is 2. The summed E-state index contributed by atoms with van der Waals surface area (Å²) in [6, 6.07) is -0.364. The molecule has 3 aliphatic rings. The van der Waals surface area contributed by atoms with Gasteiger partial charge in [0.25, 0.3) is 0 Å². The van der Waals surface area contributed by atoms with Crippen LogP contribution in [0, 0.1) is 0 Å². The number of aromatic nitrogens is 2. The van der Waals surface area contributed by atoms with Crippen LogP contribution in [-0.2, 0) is 11.2 Å². The molecule has 2 N–H and O–H groups in total. The molecule has 1 aromatic heterocycles. The van der Waals surface area contributed by atoms with Gasteiger partial charge in [-0.1, -0.05) is 18.0 Å². The number of piperazine rings is 2. The van der Waals surface area contributed by atoms with Crippen molar-refractivity contribution >= 4 is 11.9 Å². The molecule has 0 aromatic carbocycles. The Bertz CT molecular complexity index is 657. The van der Waals surface area contributed by atoms with Crippen LogP contribution in [0.3, 0.4) is 0 Å². The lowest BCUT2D eigenvalue weighted by molar-refractivity contribution is -0.131. The summed E-state index contributed by atoms with van der Waals surface area (Å²) < 4.78 is 5.36. The third kappa shape index (κ3) is 3.67. The first-order valence-corrected chi connectivity index (χ1v) is 9.58. The van der Waals surface area contributed by atoms with Crippen LogP contribution in [0.5, 0.6) is 0 Å². The average Bonchev–Trinajstić information content (AvgIpc) is 3.33. The van der Waals surface area contributed by atoms with Crippen LogP contribution in [0.25, 0.3) is 0 Å². The van der Waals surface area contributed by atoms with Crippen molar-refractivity contribution in [2.75, 3.05) is 39.3 Å². The molecule has 4 rings (SSSR count). The smallest absolute Gasteiger partial charge is 0.317 e. The van der Waals surface area contributed by atoms with Gasteiger partial charge in [-0.25, -0.2) is 4.79 Å². The lowest BCUT2D eigenvalue weighted by Gasteiger charge is -2.42. The predicted octanol–water partition coefficient (Wildman–Crippen LogP) is 0.0953. The van der Waals surface area contributed by atoms with Crippen molar-refractivity contribution < 1.29 is 14.1 Å². The number of carbonyl (C=O) groups excluding carboxylic acids is 2. The molecule has 1 aliphatic carbocycles. The molecule has 2 saturated heterocycles. The molecule has 142 valence electrons. The number of fused-ring (bicyclic) bond motifs is 1. The highest BCUT2D eigenvalue weighted by molar-refractivity contribution is 5.84. The highest BCUT2D eigenvalue weighted by atomic mass is 16.5. The van der Waals surface area contributed by atoms with Crippen molar-refractivity contribution in [2.45, 2.75) is 44.1 Å². The molecule has 0 spiro atoms. The Kier molecular flexibility index (Phi) is 5.05. The van der Waals surface area contributed by atoms with Gasteiger partial charge in [-0.3, -0.25) is 9.69 Å². The maximum absolute atomic E-state index is 12.4. The van der Waals surface area contributed by atoms with Crippen LogP contribution < -0.4 is 10.6 Å². The second-order valence-electron chi connectivity index (χ2n) is 7.30. The van der Waals surface area contributed by atoms with E-state index in [2.05, 4.69) is 25.7 Å². The van der Waals surface area contributed by atoms with Gasteiger partial charge in [0.1, 0.15) is 6.04 Å². The van der Waals surface area contributed by atoms with Crippen LogP contribution in [-0.4, -0.2) is 77.2 Å². The molecule has 9 nitrogen and oxygen atoms in total. The molecule has 2 aliphatic heterocycles. The van der Waals surface area contributed by atoms with E-state index < -0.39 is 0 Å². The van der Waals surface area contributed by atoms with Crippen molar-refractivity contribution in [1.82, 2.24) is 30.6 Å². The fourth-order valence-corrected chi connectivity index (χ4v) is 4.06. The second kappa shape index (κ2) is 7.61. The van der Waals surface area contributed by atoms with Crippen LogP contribution in [0.2, 0.25) is 0 Å². The van der Waals surface area contributed by atoms with Gasteiger partial charge < -0.3 is 20.1 Å². The van der Waals surface area contributed by atoms with E-state index in [1.54, 1.807) is 4.90 Å². The van der Waals surface area contributed by atoms with E-state index >= 15 is 0 Å². The molecule has 3 heterocycles. The fourth-order valence-electron chi connectivity index (χ4n) is 4.06. The van der Waals surface area contributed by atoms with Crippen molar-refractivity contribution in [3.05, 3.63) is 11.7 Å². The van der Waals surface area contributed by atoms with E-state index in [1.165, 1.54) is 12.8 Å². The standard InChI is InChI=1S/C17H26N6O3/c24-15-13-11-23(10-9-22(13)8-7-18-15)17(25)19-6-5-14-20-16(26-21-14)12-3-1-2-4-12/h12-13H,1-11H2,(H,18,24)(H,19,25). The van der Waals surface area contributed by atoms with Gasteiger partial charge in [-0.15, -0.1) is 0 Å². The third-order valence-corrected chi connectivity index (χ3v) is 5.59. The monoisotopic (exact) mass is 362 g/mol. The number of nitrogens with one attached hydrogen (secondary N) is 2. The summed E-state index contributed by atoms with van der Waals surface area (Å²) in [7, 11) is 0. The molecule has 26 heavy (non-hydrogen) atoms. The third-order valence-electron chi connectivity index (χ3n) is 5.59. The quantitative estimate of drug-likeness (QED) is 0.787. The summed E-state index contributed by atoms with van der Waals surface area (Å²) in [6.07, 6.45) is 5.25. The normalized spacial score (nSPS) is 24.4. The molecule has 1 saturated carbocycles. The summed E-state index contributed by atoms with van der Waals surface area (Å²) in [6.45, 7) is 3.82. The van der Waals surface area contributed by atoms with Gasteiger partial charge in [0.05, 0.1) is 0 Å². The Morgan fingerprint density at radius 2 is 2.12 bits per heavy atom. The van der Waals surface area contributed by atoms with E-state index in [0.29, 0.717) is 44.3 Å². The Labute approximate surface area is 152 Å². The van der Waals surface area contributed by atoms with Crippen molar-refractivity contribution in [2.24, 2.45) is 0 Å². The summed E-state index contributed by atoms with van der Waals surface area (Å²) in [5, 5.41) is 9.79. The molecule has 0 radical (unpaired) electrons. The van der Waals surface area contributed by atoms with E-state index in [0.717, 1.165) is 31.8 Å². The van der Waals surface area contributed by atoms with E-state index in [-0.39, 0.29) is 18.0 Å². The first-order chi connectivity index (χ1) is 12.7. The molecule has 0 bridgehead atoms. The lowest BCUT2D eigenvalue weighted by Crippen LogP contribution is -2.65. The Morgan fingerprint density at radius 1 is 1.27 bits per heavy atom. The zero-order valence-electron chi connectivity index (χ0n) is 14.9. The summed E-state index contributed by atoms with van der Waals surface area (Å²) >= 11 is 0. The Balaban J connectivity index is 1.23. The summed E-state index contributed by atoms with van der Waals surface area (Å²) in [4.78, 5) is 32.7. The van der Waals surface area contributed by atoms with Gasteiger partial charge in [0.15, 0.2) is 5.82 Å². The second-order valence-corrected chi connectivity index (χ2v) is 7.30. The Hall–Kier alpha value is -2.16. The van der Waals surface area contributed by atoms with Gasteiger partial charge >= 0.3 is 6.03 Å². The largest absolute Gasteiger partial charge is 0.353 e. The predicted molar refractivity (Wildman–Crippen MR) is 92.6 cm³/mol. The summed E-state index contributed by atoms with van der Waals surface area (Å²) in [5.41, 5.74) is 0. The highest BCUT2D eigenvalue weighted by Gasteiger charge is 2.36. The number of hydrogen-bond acceptors (Lipinski definition) is 6. The molecule has 3 fully saturated rings. The highest BCUT2D eigenvalue weighted by Crippen LogP contribution is 2.32. The maximum atomic E-state index is 12.4. The minimum Gasteiger partial charge on any atom is -0.353 e. The fraction of sp³-hybridized carbons (Fsp3) is 0.765.